The van der Waals surface area contributed by atoms with Crippen LogP contribution in [0.2, 0.25) is 0 Å². The first kappa shape index (κ1) is 30.2. The fourth-order valence-corrected chi connectivity index (χ4v) is 8.74. The van der Waals surface area contributed by atoms with Crippen LogP contribution < -0.4 is 4.90 Å². The van der Waals surface area contributed by atoms with Gasteiger partial charge in [0.15, 0.2) is 0 Å². The monoisotopic (exact) mass is 661 g/mol. The molecule has 0 fully saturated rings. The van der Waals surface area contributed by atoms with Crippen molar-refractivity contribution in [2.75, 3.05) is 4.90 Å². The second-order valence-corrected chi connectivity index (χ2v) is 13.6. The maximum absolute atomic E-state index is 2.48. The molecule has 9 aromatic rings. The summed E-state index contributed by atoms with van der Waals surface area (Å²) in [5.74, 6) is 0. The molecule has 0 radical (unpaired) electrons. The van der Waals surface area contributed by atoms with Crippen molar-refractivity contribution in [3.63, 3.8) is 0 Å². The van der Waals surface area contributed by atoms with Crippen molar-refractivity contribution in [1.82, 2.24) is 0 Å². The summed E-state index contributed by atoms with van der Waals surface area (Å²) in [5, 5.41) is 4.98. The van der Waals surface area contributed by atoms with E-state index in [1.165, 1.54) is 66.1 Å². The summed E-state index contributed by atoms with van der Waals surface area (Å²) >= 11 is 0. The molecule has 10 rings (SSSR count). The molecule has 9 aromatic carbocycles. The second kappa shape index (κ2) is 12.3. The molecule has 1 heteroatoms. The highest BCUT2D eigenvalue weighted by molar-refractivity contribution is 6.08. The van der Waals surface area contributed by atoms with Crippen molar-refractivity contribution in [1.29, 1.82) is 0 Å². The van der Waals surface area contributed by atoms with Crippen LogP contribution in [0.25, 0.3) is 43.8 Å². The van der Waals surface area contributed by atoms with Gasteiger partial charge in [-0.05, 0) is 97.1 Å². The van der Waals surface area contributed by atoms with E-state index in [1.54, 1.807) is 0 Å². The van der Waals surface area contributed by atoms with Gasteiger partial charge in [-0.3, -0.25) is 0 Å². The van der Waals surface area contributed by atoms with E-state index in [9.17, 15) is 0 Å². The van der Waals surface area contributed by atoms with E-state index in [0.717, 1.165) is 17.1 Å². The number of hydrogen-bond donors (Lipinski definition) is 0. The number of anilines is 3. The van der Waals surface area contributed by atoms with Gasteiger partial charge in [-0.15, -0.1) is 0 Å². The molecule has 0 unspecified atom stereocenters. The molecule has 0 bridgehead atoms. The van der Waals surface area contributed by atoms with Gasteiger partial charge in [0.1, 0.15) is 0 Å². The minimum absolute atomic E-state index is 0.486. The SMILES string of the molecule is c1ccc(N(c2ccccc2)c2ccc(-c3ccc4c(c3)C(c3ccccc3)(c3ccccc3)c3ccc5ccccc5c3-4)c3ccccc23)cc1. The van der Waals surface area contributed by atoms with E-state index >= 15 is 0 Å². The fourth-order valence-electron chi connectivity index (χ4n) is 8.74. The maximum atomic E-state index is 2.48. The standard InChI is InChI=1S/C51H35N/c1-5-18-38(19-6-1)51(39-20-7-2-8-21-39)47-33-30-36-17-13-14-26-43(36)50(47)46-31-29-37(35-48(46)51)42-32-34-49(45-28-16-15-27-44(42)45)52(40-22-9-3-10-23-40)41-24-11-4-12-25-41/h1-35H. The molecule has 0 atom stereocenters. The van der Waals surface area contributed by atoms with Crippen LogP contribution >= 0.6 is 0 Å². The van der Waals surface area contributed by atoms with E-state index in [0.29, 0.717) is 0 Å². The van der Waals surface area contributed by atoms with Crippen LogP contribution in [0.1, 0.15) is 22.3 Å². The number of nitrogens with zero attached hydrogens (tertiary/aromatic N) is 1. The lowest BCUT2D eigenvalue weighted by Crippen LogP contribution is -2.28. The number of hydrogen-bond acceptors (Lipinski definition) is 1. The summed E-state index contributed by atoms with van der Waals surface area (Å²) in [4.78, 5) is 2.37. The molecule has 52 heavy (non-hydrogen) atoms. The van der Waals surface area contributed by atoms with Crippen LogP contribution in [-0.4, -0.2) is 0 Å². The van der Waals surface area contributed by atoms with Crippen LogP contribution in [-0.2, 0) is 5.41 Å². The Bertz CT molecular complexity index is 2640. The quantitative estimate of drug-likeness (QED) is 0.171. The van der Waals surface area contributed by atoms with Gasteiger partial charge in [0.05, 0.1) is 11.1 Å². The van der Waals surface area contributed by atoms with E-state index in [2.05, 4.69) is 217 Å². The average Bonchev–Trinajstić information content (AvgIpc) is 3.53. The third-order valence-electron chi connectivity index (χ3n) is 10.9. The predicted molar refractivity (Wildman–Crippen MR) is 219 cm³/mol. The molecule has 0 N–H and O–H groups in total. The van der Waals surface area contributed by atoms with Gasteiger partial charge in [-0.1, -0.05) is 176 Å². The number of rotatable bonds is 6. The molecule has 0 aliphatic heterocycles. The third-order valence-corrected chi connectivity index (χ3v) is 10.9. The minimum atomic E-state index is -0.486. The highest BCUT2D eigenvalue weighted by Crippen LogP contribution is 2.58. The number of fused-ring (bicyclic) bond motifs is 6. The summed E-state index contributed by atoms with van der Waals surface area (Å²) in [7, 11) is 0. The summed E-state index contributed by atoms with van der Waals surface area (Å²) in [6.45, 7) is 0. The number of benzene rings is 9. The average molecular weight is 662 g/mol. The van der Waals surface area contributed by atoms with E-state index < -0.39 is 5.41 Å². The van der Waals surface area contributed by atoms with Gasteiger partial charge in [-0.2, -0.15) is 0 Å². The van der Waals surface area contributed by atoms with Crippen molar-refractivity contribution >= 4 is 38.6 Å². The van der Waals surface area contributed by atoms with Gasteiger partial charge in [0.25, 0.3) is 0 Å². The van der Waals surface area contributed by atoms with Crippen molar-refractivity contribution in [2.24, 2.45) is 0 Å². The Hall–Kier alpha value is -6.70. The molecule has 0 saturated heterocycles. The van der Waals surface area contributed by atoms with Crippen LogP contribution in [0.4, 0.5) is 17.1 Å². The lowest BCUT2D eigenvalue weighted by Gasteiger charge is -2.34. The Morgan fingerprint density at radius 1 is 0.346 bits per heavy atom. The van der Waals surface area contributed by atoms with E-state index in [-0.39, 0.29) is 0 Å². The van der Waals surface area contributed by atoms with Crippen molar-refractivity contribution in [2.45, 2.75) is 5.41 Å². The normalized spacial score (nSPS) is 12.8. The van der Waals surface area contributed by atoms with E-state index in [4.69, 9.17) is 0 Å². The van der Waals surface area contributed by atoms with Crippen molar-refractivity contribution < 1.29 is 0 Å². The highest BCUT2D eigenvalue weighted by Gasteiger charge is 2.46. The largest absolute Gasteiger partial charge is 0.310 e. The third kappa shape index (κ3) is 4.56. The van der Waals surface area contributed by atoms with Crippen LogP contribution in [0.3, 0.4) is 0 Å². The van der Waals surface area contributed by atoms with E-state index in [1.807, 2.05) is 0 Å². The molecule has 0 heterocycles. The van der Waals surface area contributed by atoms with Gasteiger partial charge < -0.3 is 4.90 Å². The zero-order chi connectivity index (χ0) is 34.5. The maximum Gasteiger partial charge on any atom is 0.0714 e. The Kier molecular flexibility index (Phi) is 7.11. The molecule has 0 aromatic heterocycles. The molecule has 1 aliphatic carbocycles. The summed E-state index contributed by atoms with van der Waals surface area (Å²) in [6, 6.07) is 77.7. The Labute approximate surface area is 304 Å². The van der Waals surface area contributed by atoms with Crippen LogP contribution in [0.5, 0.6) is 0 Å². The van der Waals surface area contributed by atoms with Crippen LogP contribution in [0.15, 0.2) is 212 Å². The zero-order valence-corrected chi connectivity index (χ0v) is 28.7. The van der Waals surface area contributed by atoms with Gasteiger partial charge in [-0.25, -0.2) is 0 Å². The molecule has 0 saturated carbocycles. The molecular weight excluding hydrogens is 627 g/mol. The lowest BCUT2D eigenvalue weighted by atomic mass is 9.67. The molecule has 1 nitrogen and oxygen atoms in total. The Morgan fingerprint density at radius 2 is 0.865 bits per heavy atom. The molecule has 0 spiro atoms. The topological polar surface area (TPSA) is 3.24 Å². The van der Waals surface area contributed by atoms with Gasteiger partial charge >= 0.3 is 0 Å². The van der Waals surface area contributed by atoms with Gasteiger partial charge in [0, 0.05) is 16.8 Å². The Balaban J connectivity index is 1.24. The smallest absolute Gasteiger partial charge is 0.0714 e. The highest BCUT2D eigenvalue weighted by atomic mass is 15.1. The first-order chi connectivity index (χ1) is 25.8. The zero-order valence-electron chi connectivity index (χ0n) is 28.7. The molecular formula is C51H35N. The predicted octanol–water partition coefficient (Wildman–Crippen LogP) is 13.5. The van der Waals surface area contributed by atoms with Gasteiger partial charge in [0.2, 0.25) is 0 Å². The van der Waals surface area contributed by atoms with Crippen molar-refractivity contribution in [3.8, 4) is 22.3 Å². The summed E-state index contributed by atoms with van der Waals surface area (Å²) in [6.07, 6.45) is 0. The Morgan fingerprint density at radius 3 is 1.50 bits per heavy atom. The van der Waals surface area contributed by atoms with Crippen LogP contribution in [0, 0.1) is 0 Å². The summed E-state index contributed by atoms with van der Waals surface area (Å²) in [5.41, 5.74) is 13.2. The molecule has 1 aliphatic rings. The van der Waals surface area contributed by atoms with Crippen molar-refractivity contribution in [3.05, 3.63) is 235 Å². The summed E-state index contributed by atoms with van der Waals surface area (Å²) < 4.78 is 0. The first-order valence-electron chi connectivity index (χ1n) is 18.0. The fraction of sp³-hybridized carbons (Fsp3) is 0.0196. The first-order valence-corrected chi connectivity index (χ1v) is 18.0. The lowest BCUT2D eigenvalue weighted by molar-refractivity contribution is 0.769. The number of para-hydroxylation sites is 2. The molecule has 0 amide bonds. The minimum Gasteiger partial charge on any atom is -0.310 e. The molecule has 244 valence electrons. The second-order valence-electron chi connectivity index (χ2n) is 13.6.